The van der Waals surface area contributed by atoms with Crippen LogP contribution in [0.2, 0.25) is 10.0 Å². The van der Waals surface area contributed by atoms with Gasteiger partial charge in [-0.2, -0.15) is 5.10 Å². The molecule has 0 aliphatic rings. The number of aryl methyl sites for hydroxylation is 1. The van der Waals surface area contributed by atoms with E-state index in [0.29, 0.717) is 21.8 Å². The number of carboxylic acid groups (broad SMARTS) is 1. The van der Waals surface area contributed by atoms with Crippen molar-refractivity contribution in [2.45, 2.75) is 18.2 Å². The lowest BCUT2D eigenvalue weighted by molar-refractivity contribution is -0.136. The minimum absolute atomic E-state index is 0.0424. The number of halogens is 2. The number of pyridine rings is 1. The molecule has 35 heavy (non-hydrogen) atoms. The van der Waals surface area contributed by atoms with Crippen molar-refractivity contribution in [3.63, 3.8) is 0 Å². The molecule has 2 N–H and O–H groups in total. The second-order valence-corrected chi connectivity index (χ2v) is 10.0. The lowest BCUT2D eigenvalue weighted by atomic mass is 10.1. The summed E-state index contributed by atoms with van der Waals surface area (Å²) in [4.78, 5) is 10.9. The zero-order valence-corrected chi connectivity index (χ0v) is 20.8. The number of hydrogen-bond acceptors (Lipinski definition) is 6. The number of sulfonamides is 1. The predicted octanol–water partition coefficient (Wildman–Crippen LogP) is 5.18. The third kappa shape index (κ3) is 5.45. The number of benzene rings is 2. The van der Waals surface area contributed by atoms with E-state index in [4.69, 9.17) is 37.8 Å². The number of anilines is 1. The molecule has 182 valence electrons. The van der Waals surface area contributed by atoms with Crippen LogP contribution in [0.25, 0.3) is 5.52 Å². The first kappa shape index (κ1) is 24.6. The minimum atomic E-state index is -4.13. The number of aliphatic carboxylic acids is 1. The average Bonchev–Trinajstić information content (AvgIpc) is 3.12. The molecule has 0 saturated carbocycles. The van der Waals surface area contributed by atoms with Crippen LogP contribution in [0.4, 0.5) is 5.69 Å². The van der Waals surface area contributed by atoms with Gasteiger partial charge >= 0.3 is 5.97 Å². The maximum Gasteiger partial charge on any atom is 0.307 e. The second-order valence-electron chi connectivity index (χ2n) is 7.54. The predicted molar refractivity (Wildman–Crippen MR) is 132 cm³/mol. The third-order valence-electron chi connectivity index (χ3n) is 4.91. The van der Waals surface area contributed by atoms with Gasteiger partial charge in [0, 0.05) is 11.1 Å². The normalized spacial score (nSPS) is 11.4. The largest absolute Gasteiger partial charge is 0.493 e. The van der Waals surface area contributed by atoms with E-state index in [-0.39, 0.29) is 39.3 Å². The van der Waals surface area contributed by atoms with Crippen LogP contribution in [0.5, 0.6) is 17.2 Å². The number of ether oxygens (including phenoxy) is 2. The van der Waals surface area contributed by atoms with Gasteiger partial charge in [-0.3, -0.25) is 9.52 Å². The Labute approximate surface area is 210 Å². The highest BCUT2D eigenvalue weighted by molar-refractivity contribution is 7.92. The monoisotopic (exact) mass is 535 g/mol. The number of methoxy groups -OCH3 is 1. The highest BCUT2D eigenvalue weighted by atomic mass is 35.5. The molecule has 0 spiro atoms. The van der Waals surface area contributed by atoms with Crippen molar-refractivity contribution >= 4 is 50.4 Å². The Morgan fingerprint density at radius 2 is 1.86 bits per heavy atom. The molecule has 0 aliphatic carbocycles. The summed E-state index contributed by atoms with van der Waals surface area (Å²) in [5.41, 5.74) is 1.98. The lowest BCUT2D eigenvalue weighted by Gasteiger charge is -2.16. The Morgan fingerprint density at radius 3 is 2.54 bits per heavy atom. The van der Waals surface area contributed by atoms with Gasteiger partial charge in [-0.1, -0.05) is 29.3 Å². The highest BCUT2D eigenvalue weighted by Gasteiger charge is 2.22. The summed E-state index contributed by atoms with van der Waals surface area (Å²) in [6, 6.07) is 12.2. The van der Waals surface area contributed by atoms with Crippen molar-refractivity contribution in [2.75, 3.05) is 11.8 Å². The SMILES string of the molecule is COc1cc(CC(=O)O)ccc1Oc1cc2cc(C)nn2cc1NS(=O)(=O)c1ccc(Cl)cc1Cl. The molecule has 2 aromatic carbocycles. The molecule has 9 nitrogen and oxygen atoms in total. The first-order chi connectivity index (χ1) is 16.6. The number of rotatable bonds is 8. The van der Waals surface area contributed by atoms with E-state index in [1.54, 1.807) is 37.3 Å². The first-order valence-corrected chi connectivity index (χ1v) is 12.3. The lowest BCUT2D eigenvalue weighted by Crippen LogP contribution is -2.14. The quantitative estimate of drug-likeness (QED) is 0.319. The molecule has 12 heteroatoms. The van der Waals surface area contributed by atoms with Crippen LogP contribution < -0.4 is 14.2 Å². The van der Waals surface area contributed by atoms with Crippen LogP contribution in [-0.2, 0) is 21.2 Å². The molecule has 0 fully saturated rings. The fraction of sp³-hybridized carbons (Fsp3) is 0.130. The van der Waals surface area contributed by atoms with E-state index in [2.05, 4.69) is 9.82 Å². The number of nitrogens with zero attached hydrogens (tertiary/aromatic N) is 2. The highest BCUT2D eigenvalue weighted by Crippen LogP contribution is 2.38. The van der Waals surface area contributed by atoms with E-state index in [0.717, 1.165) is 0 Å². The molecule has 2 heterocycles. The number of hydrogen-bond donors (Lipinski definition) is 2. The second kappa shape index (κ2) is 9.65. The minimum Gasteiger partial charge on any atom is -0.493 e. The third-order valence-corrected chi connectivity index (χ3v) is 7.00. The van der Waals surface area contributed by atoms with E-state index in [9.17, 15) is 13.2 Å². The van der Waals surface area contributed by atoms with Gasteiger partial charge in [0.25, 0.3) is 10.0 Å². The van der Waals surface area contributed by atoms with Crippen molar-refractivity contribution in [1.29, 1.82) is 0 Å². The Bertz CT molecular complexity index is 1550. The Hall–Kier alpha value is -3.47. The van der Waals surface area contributed by atoms with Crippen LogP contribution in [-0.4, -0.2) is 36.2 Å². The molecule has 0 radical (unpaired) electrons. The summed E-state index contributed by atoms with van der Waals surface area (Å²) in [5, 5.41) is 13.6. The summed E-state index contributed by atoms with van der Waals surface area (Å²) >= 11 is 12.0. The van der Waals surface area contributed by atoms with Gasteiger partial charge in [0.1, 0.15) is 10.6 Å². The van der Waals surface area contributed by atoms with E-state index < -0.39 is 16.0 Å². The number of carbonyl (C=O) groups is 1. The fourth-order valence-corrected chi connectivity index (χ4v) is 5.23. The van der Waals surface area contributed by atoms with Crippen molar-refractivity contribution in [1.82, 2.24) is 9.61 Å². The van der Waals surface area contributed by atoms with Gasteiger partial charge in [-0.15, -0.1) is 0 Å². The molecule has 0 saturated heterocycles. The van der Waals surface area contributed by atoms with Gasteiger partial charge in [-0.25, -0.2) is 12.9 Å². The molecular weight excluding hydrogens is 517 g/mol. The molecular formula is C23H19Cl2N3O6S. The Morgan fingerprint density at radius 1 is 1.09 bits per heavy atom. The van der Waals surface area contributed by atoms with Crippen LogP contribution in [0.3, 0.4) is 0 Å². The fourth-order valence-electron chi connectivity index (χ4n) is 3.40. The van der Waals surface area contributed by atoms with Crippen molar-refractivity contribution < 1.29 is 27.8 Å². The molecule has 0 atom stereocenters. The molecule has 4 rings (SSSR count). The standard InChI is InChI=1S/C23H19Cl2N3O6S/c1-13-7-16-11-20(34-19-5-3-14(9-23(29)30)8-21(19)33-2)18(12-28(16)26-13)27-35(31,32)22-6-4-15(24)10-17(22)25/h3-8,10-12,27H,9H2,1-2H3,(H,29,30). The number of carboxylic acids is 1. The molecule has 2 aromatic heterocycles. The Balaban J connectivity index is 1.77. The van der Waals surface area contributed by atoms with E-state index in [1.165, 1.54) is 36.0 Å². The van der Waals surface area contributed by atoms with Crippen LogP contribution >= 0.6 is 23.2 Å². The maximum atomic E-state index is 13.1. The smallest absolute Gasteiger partial charge is 0.307 e. The molecule has 0 amide bonds. The van der Waals surface area contributed by atoms with Gasteiger partial charge < -0.3 is 14.6 Å². The van der Waals surface area contributed by atoms with Crippen LogP contribution in [0.15, 0.2) is 59.6 Å². The van der Waals surface area contributed by atoms with Gasteiger partial charge in [0.15, 0.2) is 17.2 Å². The van der Waals surface area contributed by atoms with E-state index >= 15 is 0 Å². The summed E-state index contributed by atoms with van der Waals surface area (Å²) in [5.74, 6) is -0.287. The van der Waals surface area contributed by atoms with Gasteiger partial charge in [0.05, 0.1) is 36.0 Å². The summed E-state index contributed by atoms with van der Waals surface area (Å²) in [7, 11) is -2.71. The number of aromatic nitrogens is 2. The first-order valence-electron chi connectivity index (χ1n) is 10.1. The zero-order chi connectivity index (χ0) is 25.3. The van der Waals surface area contributed by atoms with Gasteiger partial charge in [-0.05, 0) is 48.9 Å². The van der Waals surface area contributed by atoms with Crippen molar-refractivity contribution in [3.8, 4) is 17.2 Å². The van der Waals surface area contributed by atoms with Gasteiger partial charge in [0.2, 0.25) is 0 Å². The molecule has 0 bridgehead atoms. The summed E-state index contributed by atoms with van der Waals surface area (Å²) in [6.45, 7) is 1.80. The maximum absolute atomic E-state index is 13.1. The van der Waals surface area contributed by atoms with Crippen molar-refractivity contribution in [3.05, 3.63) is 76.0 Å². The van der Waals surface area contributed by atoms with E-state index in [1.807, 2.05) is 0 Å². The Kier molecular flexibility index (Phi) is 6.79. The number of fused-ring (bicyclic) bond motifs is 1. The molecule has 0 aliphatic heterocycles. The summed E-state index contributed by atoms with van der Waals surface area (Å²) in [6.07, 6.45) is 1.29. The number of nitrogens with one attached hydrogen (secondary N) is 1. The molecule has 0 unspecified atom stereocenters. The average molecular weight is 536 g/mol. The zero-order valence-electron chi connectivity index (χ0n) is 18.5. The van der Waals surface area contributed by atoms with Crippen LogP contribution in [0.1, 0.15) is 11.3 Å². The summed E-state index contributed by atoms with van der Waals surface area (Å²) < 4.78 is 41.7. The van der Waals surface area contributed by atoms with Crippen LogP contribution in [0, 0.1) is 6.92 Å². The van der Waals surface area contributed by atoms with Crippen molar-refractivity contribution in [2.24, 2.45) is 0 Å². The molecule has 4 aromatic rings. The topological polar surface area (TPSA) is 119 Å².